The molecule has 2 aromatic carbocycles. The highest BCUT2D eigenvalue weighted by atomic mass is 16.5. The molecular formula is C24H22N4O3. The van der Waals surface area contributed by atoms with E-state index in [0.717, 1.165) is 11.1 Å². The number of methoxy groups -OCH3 is 1. The topological polar surface area (TPSA) is 78.3 Å². The molecule has 0 unspecified atom stereocenters. The van der Waals surface area contributed by atoms with E-state index in [1.165, 1.54) is 0 Å². The highest BCUT2D eigenvalue weighted by Crippen LogP contribution is 2.31. The maximum Gasteiger partial charge on any atom is 0.255 e. The number of benzene rings is 2. The molecule has 0 atom stereocenters. The molecule has 0 saturated heterocycles. The first-order valence-electron chi connectivity index (χ1n) is 9.79. The van der Waals surface area contributed by atoms with Gasteiger partial charge in [0, 0.05) is 47.7 Å². The minimum absolute atomic E-state index is 0.200. The van der Waals surface area contributed by atoms with E-state index in [1.54, 1.807) is 56.0 Å². The third-order valence-corrected chi connectivity index (χ3v) is 4.66. The Morgan fingerprint density at radius 1 is 1.00 bits per heavy atom. The lowest BCUT2D eigenvalue weighted by Crippen LogP contribution is -2.12. The van der Waals surface area contributed by atoms with Crippen LogP contribution in [0.3, 0.4) is 0 Å². The monoisotopic (exact) mass is 414 g/mol. The van der Waals surface area contributed by atoms with Gasteiger partial charge < -0.3 is 14.8 Å². The van der Waals surface area contributed by atoms with E-state index in [4.69, 9.17) is 9.47 Å². The molecule has 4 aromatic rings. The molecular weight excluding hydrogens is 392 g/mol. The van der Waals surface area contributed by atoms with Crippen LogP contribution in [0.1, 0.15) is 21.5 Å². The third kappa shape index (κ3) is 5.27. The van der Waals surface area contributed by atoms with Crippen molar-refractivity contribution in [2.24, 2.45) is 0 Å². The van der Waals surface area contributed by atoms with Crippen LogP contribution in [0.15, 0.2) is 85.5 Å². The fourth-order valence-corrected chi connectivity index (χ4v) is 3.06. The Bertz CT molecular complexity index is 1130. The van der Waals surface area contributed by atoms with E-state index >= 15 is 0 Å². The molecule has 4 rings (SSSR count). The summed E-state index contributed by atoms with van der Waals surface area (Å²) in [5, 5.41) is 7.10. The maximum atomic E-state index is 12.7. The van der Waals surface area contributed by atoms with E-state index in [1.807, 2.05) is 41.2 Å². The molecule has 1 N–H and O–H groups in total. The van der Waals surface area contributed by atoms with Crippen LogP contribution in [0, 0.1) is 0 Å². The standard InChI is InChI=1S/C24H22N4O3/c1-30-22-10-9-21(14-23(22)31-17-19-4-2-11-25-15-19)27-24(29)20-7-5-18(6-8-20)16-28-13-3-12-26-28/h2-15H,16-17H2,1H3,(H,27,29). The van der Waals surface area contributed by atoms with Gasteiger partial charge in [0.2, 0.25) is 0 Å². The van der Waals surface area contributed by atoms with Crippen molar-refractivity contribution in [1.29, 1.82) is 0 Å². The molecule has 7 nitrogen and oxygen atoms in total. The van der Waals surface area contributed by atoms with Gasteiger partial charge >= 0.3 is 0 Å². The Hall–Kier alpha value is -4.13. The summed E-state index contributed by atoms with van der Waals surface area (Å²) in [6, 6.07) is 18.4. The Balaban J connectivity index is 1.42. The van der Waals surface area contributed by atoms with Crippen LogP contribution >= 0.6 is 0 Å². The van der Waals surface area contributed by atoms with Gasteiger partial charge in [0.15, 0.2) is 11.5 Å². The zero-order valence-corrected chi connectivity index (χ0v) is 17.1. The molecule has 0 radical (unpaired) electrons. The molecule has 0 fully saturated rings. The Morgan fingerprint density at radius 2 is 1.87 bits per heavy atom. The second kappa shape index (κ2) is 9.58. The average molecular weight is 414 g/mol. The van der Waals surface area contributed by atoms with Gasteiger partial charge in [-0.05, 0) is 42.0 Å². The smallest absolute Gasteiger partial charge is 0.255 e. The first kappa shape index (κ1) is 20.2. The van der Waals surface area contributed by atoms with Crippen LogP contribution in [0.5, 0.6) is 11.5 Å². The molecule has 0 aliphatic rings. The number of hydrogen-bond acceptors (Lipinski definition) is 5. The van der Waals surface area contributed by atoms with Crippen LogP contribution in [0.25, 0.3) is 0 Å². The molecule has 0 saturated carbocycles. The van der Waals surface area contributed by atoms with Gasteiger partial charge in [-0.1, -0.05) is 18.2 Å². The van der Waals surface area contributed by atoms with Gasteiger partial charge in [-0.15, -0.1) is 0 Å². The average Bonchev–Trinajstić information content (AvgIpc) is 3.32. The number of carbonyl (C=O) groups is 1. The van der Waals surface area contributed by atoms with Gasteiger partial charge in [0.25, 0.3) is 5.91 Å². The summed E-state index contributed by atoms with van der Waals surface area (Å²) < 4.78 is 13.1. The zero-order chi connectivity index (χ0) is 21.5. The summed E-state index contributed by atoms with van der Waals surface area (Å²) in [6.07, 6.45) is 7.10. The van der Waals surface area contributed by atoms with Gasteiger partial charge in [0.05, 0.1) is 13.7 Å². The molecule has 156 valence electrons. The normalized spacial score (nSPS) is 10.5. The summed E-state index contributed by atoms with van der Waals surface area (Å²) in [5.74, 6) is 0.928. The first-order chi connectivity index (χ1) is 15.2. The van der Waals surface area contributed by atoms with Crippen molar-refractivity contribution < 1.29 is 14.3 Å². The number of carbonyl (C=O) groups excluding carboxylic acids is 1. The summed E-state index contributed by atoms with van der Waals surface area (Å²) in [6.45, 7) is 1.00. The molecule has 1 amide bonds. The van der Waals surface area contributed by atoms with Crippen molar-refractivity contribution in [2.75, 3.05) is 12.4 Å². The summed E-state index contributed by atoms with van der Waals surface area (Å²) in [4.78, 5) is 16.8. The number of amides is 1. The molecule has 2 aromatic heterocycles. The Kier molecular flexibility index (Phi) is 6.23. The van der Waals surface area contributed by atoms with Crippen LogP contribution in [0.2, 0.25) is 0 Å². The van der Waals surface area contributed by atoms with Gasteiger partial charge in [0.1, 0.15) is 6.61 Å². The minimum Gasteiger partial charge on any atom is -0.493 e. The summed E-state index contributed by atoms with van der Waals surface area (Å²) in [5.41, 5.74) is 3.19. The second-order valence-electron chi connectivity index (χ2n) is 6.87. The third-order valence-electron chi connectivity index (χ3n) is 4.66. The fourth-order valence-electron chi connectivity index (χ4n) is 3.06. The number of rotatable bonds is 8. The van der Waals surface area contributed by atoms with Crippen molar-refractivity contribution in [3.8, 4) is 11.5 Å². The minimum atomic E-state index is -0.200. The maximum absolute atomic E-state index is 12.7. The first-order valence-corrected chi connectivity index (χ1v) is 9.79. The van der Waals surface area contributed by atoms with Crippen LogP contribution < -0.4 is 14.8 Å². The molecule has 2 heterocycles. The van der Waals surface area contributed by atoms with Crippen LogP contribution in [-0.2, 0) is 13.2 Å². The Labute approximate surface area is 180 Å². The highest BCUT2D eigenvalue weighted by molar-refractivity contribution is 6.04. The Morgan fingerprint density at radius 3 is 2.58 bits per heavy atom. The lowest BCUT2D eigenvalue weighted by Gasteiger charge is -2.13. The molecule has 0 spiro atoms. The van der Waals surface area contributed by atoms with Crippen LogP contribution in [-0.4, -0.2) is 27.8 Å². The number of nitrogens with one attached hydrogen (secondary N) is 1. The number of aromatic nitrogens is 3. The van der Waals surface area contributed by atoms with E-state index in [-0.39, 0.29) is 5.91 Å². The van der Waals surface area contributed by atoms with E-state index in [0.29, 0.717) is 35.9 Å². The molecule has 0 aliphatic carbocycles. The summed E-state index contributed by atoms with van der Waals surface area (Å²) >= 11 is 0. The van der Waals surface area contributed by atoms with Crippen molar-refractivity contribution in [1.82, 2.24) is 14.8 Å². The fraction of sp³-hybridized carbons (Fsp3) is 0.125. The van der Waals surface area contributed by atoms with E-state index in [9.17, 15) is 4.79 Å². The second-order valence-corrected chi connectivity index (χ2v) is 6.87. The molecule has 0 aliphatic heterocycles. The van der Waals surface area contributed by atoms with Crippen molar-refractivity contribution in [2.45, 2.75) is 13.2 Å². The highest BCUT2D eigenvalue weighted by Gasteiger charge is 2.11. The SMILES string of the molecule is COc1ccc(NC(=O)c2ccc(Cn3cccn3)cc2)cc1OCc1cccnc1. The number of anilines is 1. The number of pyridine rings is 1. The quantitative estimate of drug-likeness (QED) is 0.468. The van der Waals surface area contributed by atoms with Gasteiger partial charge in [-0.25, -0.2) is 0 Å². The lowest BCUT2D eigenvalue weighted by atomic mass is 10.1. The van der Waals surface area contributed by atoms with Gasteiger partial charge in [-0.3, -0.25) is 14.5 Å². The molecule has 7 heteroatoms. The number of hydrogen-bond donors (Lipinski definition) is 1. The van der Waals surface area contributed by atoms with Gasteiger partial charge in [-0.2, -0.15) is 5.10 Å². The van der Waals surface area contributed by atoms with Crippen molar-refractivity contribution >= 4 is 11.6 Å². The molecule has 0 bridgehead atoms. The number of nitrogens with zero attached hydrogens (tertiary/aromatic N) is 3. The lowest BCUT2D eigenvalue weighted by molar-refractivity contribution is 0.102. The molecule has 31 heavy (non-hydrogen) atoms. The largest absolute Gasteiger partial charge is 0.493 e. The van der Waals surface area contributed by atoms with Crippen LogP contribution in [0.4, 0.5) is 5.69 Å². The number of ether oxygens (including phenoxy) is 2. The predicted molar refractivity (Wildman–Crippen MR) is 117 cm³/mol. The summed E-state index contributed by atoms with van der Waals surface area (Å²) in [7, 11) is 1.58. The van der Waals surface area contributed by atoms with Crippen molar-refractivity contribution in [3.63, 3.8) is 0 Å². The predicted octanol–water partition coefficient (Wildman–Crippen LogP) is 4.17. The van der Waals surface area contributed by atoms with Crippen molar-refractivity contribution in [3.05, 3.63) is 102 Å². The van der Waals surface area contributed by atoms with E-state index in [2.05, 4.69) is 15.4 Å². The zero-order valence-electron chi connectivity index (χ0n) is 17.1. The van der Waals surface area contributed by atoms with E-state index < -0.39 is 0 Å².